The van der Waals surface area contributed by atoms with E-state index in [4.69, 9.17) is 5.73 Å². The Morgan fingerprint density at radius 1 is 1.28 bits per heavy atom. The molecule has 0 unspecified atom stereocenters. The summed E-state index contributed by atoms with van der Waals surface area (Å²) in [7, 11) is 0. The minimum absolute atomic E-state index is 0.111. The van der Waals surface area contributed by atoms with Crippen LogP contribution in [-0.2, 0) is 6.54 Å². The molecule has 4 heteroatoms. The molecule has 2 atom stereocenters. The number of hydrogen-bond donors (Lipinski definition) is 3. The van der Waals surface area contributed by atoms with E-state index in [1.807, 2.05) is 12.1 Å². The third-order valence-electron chi connectivity index (χ3n) is 3.50. The number of amides is 1. The van der Waals surface area contributed by atoms with Crippen LogP contribution in [0.3, 0.4) is 0 Å². The number of aliphatic hydroxyl groups is 1. The highest BCUT2D eigenvalue weighted by Gasteiger charge is 2.24. The van der Waals surface area contributed by atoms with Crippen molar-refractivity contribution in [2.45, 2.75) is 44.4 Å². The normalized spacial score (nSPS) is 23.7. The average Bonchev–Trinajstić information content (AvgIpc) is 2.41. The third-order valence-corrected chi connectivity index (χ3v) is 3.50. The summed E-state index contributed by atoms with van der Waals surface area (Å²) < 4.78 is 0. The lowest BCUT2D eigenvalue weighted by atomic mass is 9.92. The fraction of sp³-hybridized carbons (Fsp3) is 0.500. The number of carbonyl (C=O) groups excluding carboxylic acids is 1. The number of nitrogens with two attached hydrogens (primary N) is 1. The standard InChI is InChI=1S/C14H20N2O2/c15-9-10-5-7-11(8-6-10)14(18)16-12-3-1-2-4-13(12)17/h5-8,12-13,17H,1-4,9,15H2,(H,16,18)/t12-,13-/m0/s1. The first-order valence-corrected chi connectivity index (χ1v) is 6.48. The van der Waals surface area contributed by atoms with Crippen molar-refractivity contribution < 1.29 is 9.90 Å². The van der Waals surface area contributed by atoms with Crippen molar-refractivity contribution in [3.05, 3.63) is 35.4 Å². The molecule has 4 nitrogen and oxygen atoms in total. The average molecular weight is 248 g/mol. The van der Waals surface area contributed by atoms with Crippen LogP contribution in [0, 0.1) is 0 Å². The third kappa shape index (κ3) is 3.09. The van der Waals surface area contributed by atoms with Crippen molar-refractivity contribution in [1.29, 1.82) is 0 Å². The van der Waals surface area contributed by atoms with E-state index in [2.05, 4.69) is 5.32 Å². The quantitative estimate of drug-likeness (QED) is 0.752. The van der Waals surface area contributed by atoms with E-state index in [-0.39, 0.29) is 11.9 Å². The first-order valence-electron chi connectivity index (χ1n) is 6.48. The van der Waals surface area contributed by atoms with Crippen molar-refractivity contribution >= 4 is 5.91 Å². The molecule has 0 spiro atoms. The number of aliphatic hydroxyl groups excluding tert-OH is 1. The van der Waals surface area contributed by atoms with Crippen LogP contribution in [0.5, 0.6) is 0 Å². The molecule has 4 N–H and O–H groups in total. The lowest BCUT2D eigenvalue weighted by Crippen LogP contribution is -2.45. The van der Waals surface area contributed by atoms with Gasteiger partial charge in [-0.1, -0.05) is 25.0 Å². The molecule has 0 radical (unpaired) electrons. The van der Waals surface area contributed by atoms with Gasteiger partial charge in [0.05, 0.1) is 12.1 Å². The number of hydrogen-bond acceptors (Lipinski definition) is 3. The molecule has 18 heavy (non-hydrogen) atoms. The predicted molar refractivity (Wildman–Crippen MR) is 70.1 cm³/mol. The van der Waals surface area contributed by atoms with Crippen molar-refractivity contribution in [3.63, 3.8) is 0 Å². The van der Waals surface area contributed by atoms with Gasteiger partial charge in [0.1, 0.15) is 0 Å². The number of carbonyl (C=O) groups is 1. The van der Waals surface area contributed by atoms with Gasteiger partial charge in [-0.15, -0.1) is 0 Å². The van der Waals surface area contributed by atoms with Gasteiger partial charge in [0.2, 0.25) is 0 Å². The van der Waals surface area contributed by atoms with Gasteiger partial charge in [0.25, 0.3) is 5.91 Å². The summed E-state index contributed by atoms with van der Waals surface area (Å²) in [5, 5.41) is 12.7. The Morgan fingerprint density at radius 3 is 2.56 bits per heavy atom. The Bertz CT molecular complexity index is 403. The highest BCUT2D eigenvalue weighted by molar-refractivity contribution is 5.94. The van der Waals surface area contributed by atoms with Gasteiger partial charge in [-0.2, -0.15) is 0 Å². The second-order valence-corrected chi connectivity index (χ2v) is 4.83. The van der Waals surface area contributed by atoms with Crippen molar-refractivity contribution in [3.8, 4) is 0 Å². The maximum Gasteiger partial charge on any atom is 0.251 e. The molecule has 1 aliphatic rings. The second kappa shape index (κ2) is 5.98. The van der Waals surface area contributed by atoms with Gasteiger partial charge in [0, 0.05) is 12.1 Å². The van der Waals surface area contributed by atoms with Crippen LogP contribution in [0.2, 0.25) is 0 Å². The van der Waals surface area contributed by atoms with Crippen molar-refractivity contribution in [2.24, 2.45) is 5.73 Å². The topological polar surface area (TPSA) is 75.4 Å². The monoisotopic (exact) mass is 248 g/mol. The van der Waals surface area contributed by atoms with Gasteiger partial charge in [-0.25, -0.2) is 0 Å². The number of rotatable bonds is 3. The Morgan fingerprint density at radius 2 is 1.94 bits per heavy atom. The first-order chi connectivity index (χ1) is 8.70. The van der Waals surface area contributed by atoms with Crippen LogP contribution < -0.4 is 11.1 Å². The van der Waals surface area contributed by atoms with E-state index in [1.165, 1.54) is 0 Å². The fourth-order valence-corrected chi connectivity index (χ4v) is 2.32. The Labute approximate surface area is 107 Å². The molecule has 0 bridgehead atoms. The molecule has 0 aromatic heterocycles. The molecule has 2 rings (SSSR count). The maximum absolute atomic E-state index is 12.0. The van der Waals surface area contributed by atoms with Crippen LogP contribution in [0.4, 0.5) is 0 Å². The largest absolute Gasteiger partial charge is 0.391 e. The fourth-order valence-electron chi connectivity index (χ4n) is 2.32. The Kier molecular flexibility index (Phi) is 4.33. The summed E-state index contributed by atoms with van der Waals surface area (Å²) in [6.45, 7) is 0.475. The number of nitrogens with one attached hydrogen (secondary N) is 1. The molecule has 0 aliphatic heterocycles. The lowest BCUT2D eigenvalue weighted by molar-refractivity contribution is 0.0717. The van der Waals surface area contributed by atoms with Gasteiger partial charge in [-0.05, 0) is 30.5 Å². The van der Waals surface area contributed by atoms with Crippen molar-refractivity contribution in [2.75, 3.05) is 0 Å². The molecular formula is C14H20N2O2. The van der Waals surface area contributed by atoms with E-state index >= 15 is 0 Å². The SMILES string of the molecule is NCc1ccc(C(=O)N[C@H]2CCCC[C@@H]2O)cc1. The van der Waals surface area contributed by atoms with E-state index in [0.717, 1.165) is 31.2 Å². The summed E-state index contributed by atoms with van der Waals surface area (Å²) in [4.78, 5) is 12.0. The molecular weight excluding hydrogens is 228 g/mol. The zero-order chi connectivity index (χ0) is 13.0. The number of benzene rings is 1. The molecule has 1 amide bonds. The van der Waals surface area contributed by atoms with E-state index in [1.54, 1.807) is 12.1 Å². The molecule has 1 aliphatic carbocycles. The summed E-state index contributed by atoms with van der Waals surface area (Å²) >= 11 is 0. The van der Waals surface area contributed by atoms with Crippen LogP contribution in [-0.4, -0.2) is 23.2 Å². The second-order valence-electron chi connectivity index (χ2n) is 4.83. The lowest BCUT2D eigenvalue weighted by Gasteiger charge is -2.28. The molecule has 1 aromatic rings. The Balaban J connectivity index is 1.97. The minimum Gasteiger partial charge on any atom is -0.391 e. The molecule has 0 saturated heterocycles. The van der Waals surface area contributed by atoms with Gasteiger partial charge >= 0.3 is 0 Å². The summed E-state index contributed by atoms with van der Waals surface area (Å²) in [6.07, 6.45) is 3.32. The van der Waals surface area contributed by atoms with Gasteiger partial charge in [0.15, 0.2) is 0 Å². The van der Waals surface area contributed by atoms with Crippen LogP contribution >= 0.6 is 0 Å². The van der Waals surface area contributed by atoms with E-state index in [9.17, 15) is 9.90 Å². The first kappa shape index (κ1) is 13.1. The van der Waals surface area contributed by atoms with E-state index < -0.39 is 6.10 Å². The highest BCUT2D eigenvalue weighted by Crippen LogP contribution is 2.18. The molecule has 1 saturated carbocycles. The highest BCUT2D eigenvalue weighted by atomic mass is 16.3. The van der Waals surface area contributed by atoms with Crippen LogP contribution in [0.1, 0.15) is 41.6 Å². The van der Waals surface area contributed by atoms with E-state index in [0.29, 0.717) is 12.1 Å². The molecule has 0 heterocycles. The maximum atomic E-state index is 12.0. The summed E-state index contributed by atoms with van der Waals surface area (Å²) in [6, 6.07) is 7.14. The van der Waals surface area contributed by atoms with Crippen LogP contribution in [0.25, 0.3) is 0 Å². The molecule has 1 aromatic carbocycles. The van der Waals surface area contributed by atoms with Crippen LogP contribution in [0.15, 0.2) is 24.3 Å². The van der Waals surface area contributed by atoms with Gasteiger partial charge in [-0.3, -0.25) is 4.79 Å². The summed E-state index contributed by atoms with van der Waals surface area (Å²) in [5.41, 5.74) is 7.13. The van der Waals surface area contributed by atoms with Crippen molar-refractivity contribution in [1.82, 2.24) is 5.32 Å². The Hall–Kier alpha value is -1.39. The minimum atomic E-state index is -0.411. The zero-order valence-corrected chi connectivity index (χ0v) is 10.4. The van der Waals surface area contributed by atoms with Gasteiger partial charge < -0.3 is 16.2 Å². The molecule has 1 fully saturated rings. The predicted octanol–water partition coefficient (Wildman–Crippen LogP) is 1.18. The molecule has 98 valence electrons. The smallest absolute Gasteiger partial charge is 0.251 e. The summed E-state index contributed by atoms with van der Waals surface area (Å²) in [5.74, 6) is -0.121. The zero-order valence-electron chi connectivity index (χ0n) is 10.4.